The van der Waals surface area contributed by atoms with E-state index >= 15 is 0 Å². The standard InChI is InChI=1S/C21H21ClN2O4/c1-15(25)28-19-8-3-6-17(14-19)21(27)24-10-4-9-23(11-12-24)20(26)16-5-2-7-18(22)13-16/h2-3,5-8,13-14H,4,9-12H2,1H3. The third-order valence-corrected chi connectivity index (χ3v) is 4.72. The lowest BCUT2D eigenvalue weighted by molar-refractivity contribution is -0.131. The summed E-state index contributed by atoms with van der Waals surface area (Å²) >= 11 is 5.98. The summed E-state index contributed by atoms with van der Waals surface area (Å²) < 4.78 is 5.05. The maximum atomic E-state index is 12.8. The molecule has 1 aliphatic rings. The van der Waals surface area contributed by atoms with E-state index in [4.69, 9.17) is 16.3 Å². The van der Waals surface area contributed by atoms with Gasteiger partial charge in [0, 0.05) is 49.3 Å². The smallest absolute Gasteiger partial charge is 0.308 e. The second kappa shape index (κ2) is 8.89. The summed E-state index contributed by atoms with van der Waals surface area (Å²) in [5, 5.41) is 0.519. The number of amides is 2. The van der Waals surface area contributed by atoms with Crippen LogP contribution in [0.5, 0.6) is 5.75 Å². The Balaban J connectivity index is 1.67. The van der Waals surface area contributed by atoms with Crippen LogP contribution in [0.25, 0.3) is 0 Å². The normalized spacial score (nSPS) is 14.4. The van der Waals surface area contributed by atoms with Gasteiger partial charge in [-0.15, -0.1) is 0 Å². The monoisotopic (exact) mass is 400 g/mol. The second-order valence-corrected chi connectivity index (χ2v) is 7.01. The van der Waals surface area contributed by atoms with Crippen LogP contribution in [0.15, 0.2) is 48.5 Å². The predicted octanol–water partition coefficient (Wildman–Crippen LogP) is 3.25. The minimum Gasteiger partial charge on any atom is -0.427 e. The molecular formula is C21H21ClN2O4. The zero-order chi connectivity index (χ0) is 20.1. The van der Waals surface area contributed by atoms with Gasteiger partial charge < -0.3 is 14.5 Å². The molecule has 0 bridgehead atoms. The first-order valence-corrected chi connectivity index (χ1v) is 9.44. The Morgan fingerprint density at radius 2 is 1.43 bits per heavy atom. The Labute approximate surface area is 168 Å². The van der Waals surface area contributed by atoms with Crippen LogP contribution < -0.4 is 4.74 Å². The molecule has 2 amide bonds. The van der Waals surface area contributed by atoms with E-state index in [-0.39, 0.29) is 11.8 Å². The highest BCUT2D eigenvalue weighted by Gasteiger charge is 2.24. The minimum atomic E-state index is -0.436. The first-order valence-electron chi connectivity index (χ1n) is 9.06. The van der Waals surface area contributed by atoms with E-state index in [1.165, 1.54) is 6.92 Å². The SMILES string of the molecule is CC(=O)Oc1cccc(C(=O)N2CCCN(C(=O)c3cccc(Cl)c3)CC2)c1. The topological polar surface area (TPSA) is 66.9 Å². The number of halogens is 1. The molecule has 0 atom stereocenters. The Kier molecular flexibility index (Phi) is 6.31. The molecule has 3 rings (SSSR count). The van der Waals surface area contributed by atoms with Gasteiger partial charge in [0.1, 0.15) is 5.75 Å². The Hall–Kier alpha value is -2.86. The molecule has 1 aliphatic heterocycles. The fraction of sp³-hybridized carbons (Fsp3) is 0.286. The molecule has 28 heavy (non-hydrogen) atoms. The van der Waals surface area contributed by atoms with Crippen molar-refractivity contribution >= 4 is 29.4 Å². The van der Waals surface area contributed by atoms with Gasteiger partial charge in [-0.3, -0.25) is 14.4 Å². The van der Waals surface area contributed by atoms with Crippen molar-refractivity contribution in [3.05, 3.63) is 64.7 Å². The summed E-state index contributed by atoms with van der Waals surface area (Å²) in [6, 6.07) is 13.4. The van der Waals surface area contributed by atoms with Gasteiger partial charge in [-0.05, 0) is 42.8 Å². The second-order valence-electron chi connectivity index (χ2n) is 6.57. The predicted molar refractivity (Wildman–Crippen MR) is 106 cm³/mol. The Morgan fingerprint density at radius 1 is 0.857 bits per heavy atom. The van der Waals surface area contributed by atoms with Crippen molar-refractivity contribution in [2.75, 3.05) is 26.2 Å². The Morgan fingerprint density at radius 3 is 2.00 bits per heavy atom. The molecule has 0 radical (unpaired) electrons. The molecule has 1 saturated heterocycles. The highest BCUT2D eigenvalue weighted by molar-refractivity contribution is 6.30. The average molecular weight is 401 g/mol. The molecular weight excluding hydrogens is 380 g/mol. The van der Waals surface area contributed by atoms with Gasteiger partial charge in [-0.2, -0.15) is 0 Å². The maximum Gasteiger partial charge on any atom is 0.308 e. The molecule has 146 valence electrons. The van der Waals surface area contributed by atoms with E-state index < -0.39 is 5.97 Å². The largest absolute Gasteiger partial charge is 0.427 e. The van der Waals surface area contributed by atoms with Crippen molar-refractivity contribution in [3.63, 3.8) is 0 Å². The molecule has 0 unspecified atom stereocenters. The number of hydrogen-bond acceptors (Lipinski definition) is 4. The summed E-state index contributed by atoms with van der Waals surface area (Å²) in [6.45, 7) is 3.32. The molecule has 0 aromatic heterocycles. The van der Waals surface area contributed by atoms with E-state index in [0.717, 1.165) is 0 Å². The van der Waals surface area contributed by atoms with Crippen molar-refractivity contribution in [2.45, 2.75) is 13.3 Å². The number of ether oxygens (including phenoxy) is 1. The summed E-state index contributed by atoms with van der Waals surface area (Å²) in [4.78, 5) is 40.1. The van der Waals surface area contributed by atoms with Crippen molar-refractivity contribution < 1.29 is 19.1 Å². The molecule has 0 N–H and O–H groups in total. The molecule has 1 fully saturated rings. The van der Waals surface area contributed by atoms with Crippen LogP contribution in [0.1, 0.15) is 34.1 Å². The number of hydrogen-bond donors (Lipinski definition) is 0. The van der Waals surface area contributed by atoms with Gasteiger partial charge in [0.15, 0.2) is 0 Å². The van der Waals surface area contributed by atoms with Crippen LogP contribution in [0.3, 0.4) is 0 Å². The van der Waals surface area contributed by atoms with E-state index in [1.807, 2.05) is 0 Å². The van der Waals surface area contributed by atoms with Crippen LogP contribution in [0, 0.1) is 0 Å². The number of carbonyl (C=O) groups excluding carboxylic acids is 3. The third kappa shape index (κ3) is 4.89. The van der Waals surface area contributed by atoms with Gasteiger partial charge in [0.2, 0.25) is 0 Å². The molecule has 2 aromatic rings. The highest BCUT2D eigenvalue weighted by Crippen LogP contribution is 2.18. The van der Waals surface area contributed by atoms with Crippen LogP contribution in [-0.4, -0.2) is 53.8 Å². The van der Waals surface area contributed by atoms with Gasteiger partial charge in [-0.1, -0.05) is 23.7 Å². The van der Waals surface area contributed by atoms with Crippen LogP contribution in [0.4, 0.5) is 0 Å². The van der Waals surface area contributed by atoms with Crippen molar-refractivity contribution in [1.82, 2.24) is 9.80 Å². The van der Waals surface area contributed by atoms with Crippen molar-refractivity contribution in [2.24, 2.45) is 0 Å². The van der Waals surface area contributed by atoms with Crippen molar-refractivity contribution in [3.8, 4) is 5.75 Å². The van der Waals surface area contributed by atoms with E-state index in [0.29, 0.717) is 54.5 Å². The number of nitrogens with zero attached hydrogens (tertiary/aromatic N) is 2. The Bertz CT molecular complexity index is 899. The zero-order valence-electron chi connectivity index (χ0n) is 15.6. The number of rotatable bonds is 3. The third-order valence-electron chi connectivity index (χ3n) is 4.48. The molecule has 2 aromatic carbocycles. The molecule has 0 saturated carbocycles. The fourth-order valence-electron chi connectivity index (χ4n) is 3.17. The molecule has 1 heterocycles. The van der Waals surface area contributed by atoms with Crippen LogP contribution >= 0.6 is 11.6 Å². The van der Waals surface area contributed by atoms with Gasteiger partial charge in [0.25, 0.3) is 11.8 Å². The highest BCUT2D eigenvalue weighted by atomic mass is 35.5. The summed E-state index contributed by atoms with van der Waals surface area (Å²) in [5.41, 5.74) is 0.995. The first kappa shape index (κ1) is 19.9. The number of benzene rings is 2. The van der Waals surface area contributed by atoms with Gasteiger partial charge in [0.05, 0.1) is 0 Å². The maximum absolute atomic E-state index is 12.8. The lowest BCUT2D eigenvalue weighted by atomic mass is 10.2. The lowest BCUT2D eigenvalue weighted by Crippen LogP contribution is -2.37. The minimum absolute atomic E-state index is 0.0892. The van der Waals surface area contributed by atoms with E-state index in [2.05, 4.69) is 0 Å². The van der Waals surface area contributed by atoms with Gasteiger partial charge >= 0.3 is 5.97 Å². The summed E-state index contributed by atoms with van der Waals surface area (Å²) in [6.07, 6.45) is 0.682. The number of carbonyl (C=O) groups is 3. The lowest BCUT2D eigenvalue weighted by Gasteiger charge is -2.22. The first-order chi connectivity index (χ1) is 13.4. The molecule has 0 spiro atoms. The number of esters is 1. The summed E-state index contributed by atoms with van der Waals surface area (Å²) in [7, 11) is 0. The summed E-state index contributed by atoms with van der Waals surface area (Å²) in [5.74, 6) is -0.333. The van der Waals surface area contributed by atoms with Crippen LogP contribution in [0.2, 0.25) is 5.02 Å². The fourth-order valence-corrected chi connectivity index (χ4v) is 3.36. The molecule has 7 heteroatoms. The van der Waals surface area contributed by atoms with Gasteiger partial charge in [-0.25, -0.2) is 0 Å². The van der Waals surface area contributed by atoms with Crippen LogP contribution in [-0.2, 0) is 4.79 Å². The average Bonchev–Trinajstić information content (AvgIpc) is 2.93. The molecule has 6 nitrogen and oxygen atoms in total. The van der Waals surface area contributed by atoms with Crippen molar-refractivity contribution in [1.29, 1.82) is 0 Å². The van der Waals surface area contributed by atoms with E-state index in [9.17, 15) is 14.4 Å². The molecule has 0 aliphatic carbocycles. The van der Waals surface area contributed by atoms with E-state index in [1.54, 1.807) is 58.3 Å². The quantitative estimate of drug-likeness (QED) is 0.586. The zero-order valence-corrected chi connectivity index (χ0v) is 16.3.